The lowest BCUT2D eigenvalue weighted by Gasteiger charge is -2.52. The Labute approximate surface area is 257 Å². The van der Waals surface area contributed by atoms with Crippen LogP contribution in [0.5, 0.6) is 0 Å². The third-order valence-electron chi connectivity index (χ3n) is 10.3. The fourth-order valence-electron chi connectivity index (χ4n) is 8.10. The number of anilines is 2. The molecule has 0 radical (unpaired) electrons. The Hall–Kier alpha value is -5.02. The second-order valence-corrected chi connectivity index (χ2v) is 12.4. The van der Waals surface area contributed by atoms with E-state index >= 15 is 0 Å². The van der Waals surface area contributed by atoms with Gasteiger partial charge in [-0.1, -0.05) is 13.8 Å². The SMILES string of the molecule is C/C(=N/Nc1ccc([N+](=O)[O-])cc1[N+](=O)[O-])[C@H]1CC[C@@H]2[C@@H]3CC/C(=N\Nc4ccc([N+](=O)[O-])cc4[N+](=O)[O-])[C@@H](C)[C@H]3CC[C@@]12C. The van der Waals surface area contributed by atoms with Gasteiger partial charge in [0.1, 0.15) is 11.4 Å². The van der Waals surface area contributed by atoms with Gasteiger partial charge in [0.2, 0.25) is 0 Å². The summed E-state index contributed by atoms with van der Waals surface area (Å²) < 4.78 is 0. The maximum atomic E-state index is 11.5. The maximum Gasteiger partial charge on any atom is 0.301 e. The first-order chi connectivity index (χ1) is 21.3. The van der Waals surface area contributed by atoms with E-state index in [2.05, 4.69) is 34.9 Å². The molecule has 0 spiro atoms. The summed E-state index contributed by atoms with van der Waals surface area (Å²) in [7, 11) is 0. The van der Waals surface area contributed by atoms with Crippen molar-refractivity contribution < 1.29 is 19.7 Å². The molecule has 16 heteroatoms. The number of nitro groups is 4. The largest absolute Gasteiger partial charge is 0.301 e. The molecule has 0 bridgehead atoms. The zero-order valence-corrected chi connectivity index (χ0v) is 25.0. The zero-order chi connectivity index (χ0) is 32.6. The Morgan fingerprint density at radius 1 is 0.800 bits per heavy atom. The smallest absolute Gasteiger partial charge is 0.272 e. The lowest BCUT2D eigenvalue weighted by molar-refractivity contribution is -0.393. The molecule has 0 aliphatic heterocycles. The Kier molecular flexibility index (Phi) is 8.49. The summed E-state index contributed by atoms with van der Waals surface area (Å²) in [6.07, 6.45) is 5.55. The molecular formula is C29H34N8O8. The van der Waals surface area contributed by atoms with Crippen LogP contribution in [-0.2, 0) is 0 Å². The van der Waals surface area contributed by atoms with Crippen LogP contribution < -0.4 is 10.9 Å². The number of nitrogens with zero attached hydrogens (tertiary/aromatic N) is 6. The van der Waals surface area contributed by atoms with Crippen LogP contribution >= 0.6 is 0 Å². The molecule has 0 heterocycles. The van der Waals surface area contributed by atoms with Crippen molar-refractivity contribution in [3.8, 4) is 0 Å². The highest BCUT2D eigenvalue weighted by Crippen LogP contribution is 2.62. The molecular weight excluding hydrogens is 588 g/mol. The van der Waals surface area contributed by atoms with E-state index in [1.165, 1.54) is 24.3 Å². The lowest BCUT2D eigenvalue weighted by Crippen LogP contribution is -2.48. The van der Waals surface area contributed by atoms with Crippen LogP contribution in [0, 0.1) is 75.5 Å². The minimum Gasteiger partial charge on any atom is -0.272 e. The summed E-state index contributed by atoms with van der Waals surface area (Å²) in [6.45, 7) is 6.37. The Morgan fingerprint density at radius 2 is 1.38 bits per heavy atom. The molecule has 3 aliphatic rings. The first-order valence-corrected chi connectivity index (χ1v) is 14.8. The predicted molar refractivity (Wildman–Crippen MR) is 166 cm³/mol. The number of non-ortho nitro benzene ring substituents is 2. The van der Waals surface area contributed by atoms with E-state index in [0.29, 0.717) is 17.8 Å². The monoisotopic (exact) mass is 622 g/mol. The number of hydrazone groups is 2. The van der Waals surface area contributed by atoms with Crippen LogP contribution in [0.2, 0.25) is 0 Å². The highest BCUT2D eigenvalue weighted by molar-refractivity contribution is 5.89. The van der Waals surface area contributed by atoms with Gasteiger partial charge in [0, 0.05) is 29.5 Å². The van der Waals surface area contributed by atoms with Crippen molar-refractivity contribution >= 4 is 45.5 Å². The topological polar surface area (TPSA) is 221 Å². The van der Waals surface area contributed by atoms with Crippen molar-refractivity contribution in [2.45, 2.75) is 59.3 Å². The van der Waals surface area contributed by atoms with Crippen molar-refractivity contribution in [2.75, 3.05) is 10.9 Å². The second kappa shape index (κ2) is 12.2. The third-order valence-corrected chi connectivity index (χ3v) is 10.3. The zero-order valence-electron chi connectivity index (χ0n) is 25.0. The van der Waals surface area contributed by atoms with Gasteiger partial charge >= 0.3 is 11.4 Å². The quantitative estimate of drug-likeness (QED) is 0.164. The van der Waals surface area contributed by atoms with E-state index in [0.717, 1.165) is 62.1 Å². The molecule has 0 amide bonds. The number of nitrogens with one attached hydrogen (secondary N) is 2. The minimum atomic E-state index is -0.677. The highest BCUT2D eigenvalue weighted by Gasteiger charge is 2.56. The molecule has 45 heavy (non-hydrogen) atoms. The van der Waals surface area contributed by atoms with E-state index in [4.69, 9.17) is 0 Å². The van der Waals surface area contributed by atoms with Crippen LogP contribution in [0.3, 0.4) is 0 Å². The van der Waals surface area contributed by atoms with Crippen molar-refractivity contribution in [3.05, 3.63) is 76.9 Å². The molecule has 16 nitrogen and oxygen atoms in total. The molecule has 238 valence electrons. The molecule has 0 aromatic heterocycles. The van der Waals surface area contributed by atoms with Gasteiger partial charge < -0.3 is 0 Å². The number of benzene rings is 2. The Bertz CT molecular complexity index is 1630. The number of nitro benzene ring substituents is 4. The van der Waals surface area contributed by atoms with Gasteiger partial charge in [-0.25, -0.2) is 0 Å². The molecule has 3 aliphatic carbocycles. The highest BCUT2D eigenvalue weighted by atomic mass is 16.6. The normalized spacial score (nSPS) is 28.6. The predicted octanol–water partition coefficient (Wildman–Crippen LogP) is 7.06. The van der Waals surface area contributed by atoms with Crippen LogP contribution in [0.1, 0.15) is 59.3 Å². The van der Waals surface area contributed by atoms with Gasteiger partial charge in [0.25, 0.3) is 11.4 Å². The van der Waals surface area contributed by atoms with Gasteiger partial charge in [-0.2, -0.15) is 10.2 Å². The molecule has 6 atom stereocenters. The van der Waals surface area contributed by atoms with Gasteiger partial charge in [-0.05, 0) is 86.7 Å². The van der Waals surface area contributed by atoms with Crippen LogP contribution in [0.15, 0.2) is 46.6 Å². The van der Waals surface area contributed by atoms with Gasteiger partial charge in [0.05, 0.1) is 31.8 Å². The van der Waals surface area contributed by atoms with Gasteiger partial charge in [0.15, 0.2) is 0 Å². The molecule has 0 unspecified atom stereocenters. The standard InChI is InChI=1S/C29H34N8O8/c1-16-20-12-13-29(3)22(17(2)30-32-25-9-4-18(34(38)39)14-27(25)36(42)43)7-8-23(29)21(20)6-11-24(16)31-33-26-10-5-19(35(40)41)15-28(26)37(44)45/h4-5,9-10,14-16,20-23,32-33H,6-8,11-13H2,1-3H3/b30-17-,31-24+/t16-,20+,21+,22+,23+,29-/m0/s1. The van der Waals surface area contributed by atoms with Crippen molar-refractivity contribution in [2.24, 2.45) is 45.2 Å². The summed E-state index contributed by atoms with van der Waals surface area (Å²) in [5.41, 5.74) is 5.99. The Balaban J connectivity index is 1.29. The summed E-state index contributed by atoms with van der Waals surface area (Å²) in [5.74, 6) is 1.63. The van der Waals surface area contributed by atoms with E-state index in [9.17, 15) is 40.5 Å². The first-order valence-electron chi connectivity index (χ1n) is 14.8. The van der Waals surface area contributed by atoms with Gasteiger partial charge in [-0.3, -0.25) is 51.3 Å². The molecule has 3 saturated carbocycles. The summed E-state index contributed by atoms with van der Waals surface area (Å²) in [4.78, 5) is 42.5. The van der Waals surface area contributed by atoms with E-state index in [-0.39, 0.29) is 40.0 Å². The minimum absolute atomic E-state index is 0.0101. The van der Waals surface area contributed by atoms with Crippen molar-refractivity contribution in [1.29, 1.82) is 0 Å². The number of hydrogen-bond acceptors (Lipinski definition) is 12. The molecule has 2 aromatic carbocycles. The molecule has 0 saturated heterocycles. The molecule has 2 aromatic rings. The lowest BCUT2D eigenvalue weighted by atomic mass is 9.52. The molecule has 5 rings (SSSR count). The summed E-state index contributed by atoms with van der Waals surface area (Å²) in [5, 5.41) is 54.3. The number of fused-ring (bicyclic) bond motifs is 3. The number of hydrogen-bond donors (Lipinski definition) is 2. The maximum absolute atomic E-state index is 11.5. The van der Waals surface area contributed by atoms with E-state index in [1.54, 1.807) is 0 Å². The van der Waals surface area contributed by atoms with Crippen LogP contribution in [-0.4, -0.2) is 31.1 Å². The fourth-order valence-corrected chi connectivity index (χ4v) is 8.10. The third kappa shape index (κ3) is 5.91. The van der Waals surface area contributed by atoms with E-state index < -0.39 is 31.1 Å². The fraction of sp³-hybridized carbons (Fsp3) is 0.517. The van der Waals surface area contributed by atoms with E-state index in [1.807, 2.05) is 6.92 Å². The van der Waals surface area contributed by atoms with Gasteiger partial charge in [-0.15, -0.1) is 0 Å². The van der Waals surface area contributed by atoms with Crippen LogP contribution in [0.4, 0.5) is 34.1 Å². The second-order valence-electron chi connectivity index (χ2n) is 12.4. The van der Waals surface area contributed by atoms with Crippen LogP contribution in [0.25, 0.3) is 0 Å². The van der Waals surface area contributed by atoms with Crippen molar-refractivity contribution in [1.82, 2.24) is 0 Å². The first kappa shape index (κ1) is 31.4. The average molecular weight is 623 g/mol. The average Bonchev–Trinajstić information content (AvgIpc) is 3.36. The summed E-state index contributed by atoms with van der Waals surface area (Å²) in [6, 6.07) is 6.87. The number of rotatable bonds is 9. The summed E-state index contributed by atoms with van der Waals surface area (Å²) >= 11 is 0. The van der Waals surface area contributed by atoms with Crippen molar-refractivity contribution in [3.63, 3.8) is 0 Å². The molecule has 3 fully saturated rings. The molecule has 2 N–H and O–H groups in total. The Morgan fingerprint density at radius 3 is 1.93 bits per heavy atom.